The van der Waals surface area contributed by atoms with Crippen molar-refractivity contribution in [2.75, 3.05) is 19.0 Å². The number of halogens is 1. The Hall–Kier alpha value is -1.87. The van der Waals surface area contributed by atoms with E-state index in [-0.39, 0.29) is 0 Å². The maximum absolute atomic E-state index is 5.80. The molecule has 0 N–H and O–H groups in total. The number of benzene rings is 2. The molecule has 2 aromatic rings. The standard InChI is InChI=1S/C14H14ClN3/c1-18(2)14-9-7-13(8-10-14)17-16-12-5-3-11(15)4-6-12/h3-10H,1-2H3. The molecule has 0 fully saturated rings. The summed E-state index contributed by atoms with van der Waals surface area (Å²) in [6, 6.07) is 15.2. The summed E-state index contributed by atoms with van der Waals surface area (Å²) in [6.07, 6.45) is 0. The summed E-state index contributed by atoms with van der Waals surface area (Å²) >= 11 is 5.80. The molecule has 0 bridgehead atoms. The van der Waals surface area contributed by atoms with Crippen molar-refractivity contribution in [2.24, 2.45) is 10.2 Å². The summed E-state index contributed by atoms with van der Waals surface area (Å²) in [4.78, 5) is 2.04. The molecule has 92 valence electrons. The van der Waals surface area contributed by atoms with Crippen LogP contribution < -0.4 is 4.90 Å². The summed E-state index contributed by atoms with van der Waals surface area (Å²) in [6.45, 7) is 0. The van der Waals surface area contributed by atoms with Crippen molar-refractivity contribution in [2.45, 2.75) is 0 Å². The van der Waals surface area contributed by atoms with Gasteiger partial charge in [0.2, 0.25) is 0 Å². The van der Waals surface area contributed by atoms with E-state index in [1.807, 2.05) is 55.4 Å². The smallest absolute Gasteiger partial charge is 0.0858 e. The molecule has 0 aliphatic rings. The molecule has 4 heteroatoms. The van der Waals surface area contributed by atoms with Gasteiger partial charge in [-0.05, 0) is 48.5 Å². The van der Waals surface area contributed by atoms with E-state index in [2.05, 4.69) is 10.2 Å². The van der Waals surface area contributed by atoms with Crippen molar-refractivity contribution in [1.29, 1.82) is 0 Å². The molecule has 0 atom stereocenters. The minimum Gasteiger partial charge on any atom is -0.378 e. The number of nitrogens with zero attached hydrogens (tertiary/aromatic N) is 3. The lowest BCUT2D eigenvalue weighted by Gasteiger charge is -2.11. The van der Waals surface area contributed by atoms with E-state index < -0.39 is 0 Å². The first kappa shape index (κ1) is 12.6. The lowest BCUT2D eigenvalue weighted by Crippen LogP contribution is -2.07. The molecular formula is C14H14ClN3. The zero-order valence-electron chi connectivity index (χ0n) is 10.3. The second kappa shape index (κ2) is 5.65. The second-order valence-electron chi connectivity index (χ2n) is 4.09. The van der Waals surface area contributed by atoms with E-state index in [0.29, 0.717) is 5.02 Å². The van der Waals surface area contributed by atoms with Crippen LogP contribution in [0.4, 0.5) is 17.1 Å². The molecule has 0 aliphatic heterocycles. The van der Waals surface area contributed by atoms with Gasteiger partial charge < -0.3 is 4.90 Å². The van der Waals surface area contributed by atoms with Gasteiger partial charge in [-0.25, -0.2) is 0 Å². The first-order valence-corrected chi connectivity index (χ1v) is 5.97. The van der Waals surface area contributed by atoms with Crippen LogP contribution >= 0.6 is 11.6 Å². The molecule has 3 nitrogen and oxygen atoms in total. The molecule has 2 aromatic carbocycles. The third-order valence-electron chi connectivity index (χ3n) is 2.47. The highest BCUT2D eigenvalue weighted by atomic mass is 35.5. The first-order valence-electron chi connectivity index (χ1n) is 5.60. The highest BCUT2D eigenvalue weighted by molar-refractivity contribution is 6.30. The fraction of sp³-hybridized carbons (Fsp3) is 0.143. The maximum Gasteiger partial charge on any atom is 0.0858 e. The minimum absolute atomic E-state index is 0.698. The Morgan fingerprint density at radius 2 is 1.22 bits per heavy atom. The van der Waals surface area contributed by atoms with E-state index in [1.165, 1.54) is 0 Å². The third kappa shape index (κ3) is 3.31. The number of anilines is 1. The normalized spacial score (nSPS) is 10.8. The predicted octanol–water partition coefficient (Wildman–Crippen LogP) is 4.82. The van der Waals surface area contributed by atoms with Crippen LogP contribution in [0.2, 0.25) is 5.02 Å². The number of hydrogen-bond acceptors (Lipinski definition) is 3. The molecule has 18 heavy (non-hydrogen) atoms. The average molecular weight is 260 g/mol. The lowest BCUT2D eigenvalue weighted by molar-refractivity contribution is 1.13. The van der Waals surface area contributed by atoms with Crippen LogP contribution in [0.25, 0.3) is 0 Å². The van der Waals surface area contributed by atoms with E-state index >= 15 is 0 Å². The second-order valence-corrected chi connectivity index (χ2v) is 4.52. The summed E-state index contributed by atoms with van der Waals surface area (Å²) in [7, 11) is 4.01. The summed E-state index contributed by atoms with van der Waals surface area (Å²) in [5, 5.41) is 9.01. The van der Waals surface area contributed by atoms with Gasteiger partial charge in [0.15, 0.2) is 0 Å². The number of hydrogen-bond donors (Lipinski definition) is 0. The molecule has 0 amide bonds. The highest BCUT2D eigenvalue weighted by Gasteiger charge is 1.95. The lowest BCUT2D eigenvalue weighted by atomic mass is 10.3. The first-order chi connectivity index (χ1) is 8.65. The van der Waals surface area contributed by atoms with Crippen molar-refractivity contribution in [3.63, 3.8) is 0 Å². The predicted molar refractivity (Wildman–Crippen MR) is 76.4 cm³/mol. The van der Waals surface area contributed by atoms with Gasteiger partial charge in [0.05, 0.1) is 11.4 Å². The van der Waals surface area contributed by atoms with Gasteiger partial charge in [-0.2, -0.15) is 10.2 Å². The zero-order valence-corrected chi connectivity index (χ0v) is 11.1. The highest BCUT2D eigenvalue weighted by Crippen LogP contribution is 2.22. The van der Waals surface area contributed by atoms with Crippen LogP contribution in [-0.2, 0) is 0 Å². The topological polar surface area (TPSA) is 28.0 Å². The fourth-order valence-electron chi connectivity index (χ4n) is 1.44. The van der Waals surface area contributed by atoms with Gasteiger partial charge in [0, 0.05) is 24.8 Å². The Bertz CT molecular complexity index is 530. The summed E-state index contributed by atoms with van der Waals surface area (Å²) in [5.41, 5.74) is 2.76. The van der Waals surface area contributed by atoms with Gasteiger partial charge in [-0.15, -0.1) is 0 Å². The van der Waals surface area contributed by atoms with Gasteiger partial charge in [0.25, 0.3) is 0 Å². The van der Waals surface area contributed by atoms with Crippen LogP contribution in [0, 0.1) is 0 Å². The van der Waals surface area contributed by atoms with Crippen molar-refractivity contribution < 1.29 is 0 Å². The fourth-order valence-corrected chi connectivity index (χ4v) is 1.57. The Morgan fingerprint density at radius 1 is 0.778 bits per heavy atom. The molecule has 0 aromatic heterocycles. The Morgan fingerprint density at radius 3 is 1.67 bits per heavy atom. The van der Waals surface area contributed by atoms with Gasteiger partial charge in [-0.3, -0.25) is 0 Å². The summed E-state index contributed by atoms with van der Waals surface area (Å²) in [5.74, 6) is 0. The Balaban J connectivity index is 2.11. The van der Waals surface area contributed by atoms with Crippen LogP contribution in [0.3, 0.4) is 0 Å². The minimum atomic E-state index is 0.698. The van der Waals surface area contributed by atoms with Crippen LogP contribution in [-0.4, -0.2) is 14.1 Å². The van der Waals surface area contributed by atoms with Gasteiger partial charge >= 0.3 is 0 Å². The van der Waals surface area contributed by atoms with Crippen molar-refractivity contribution in [1.82, 2.24) is 0 Å². The van der Waals surface area contributed by atoms with Crippen LogP contribution in [0.1, 0.15) is 0 Å². The summed E-state index contributed by atoms with van der Waals surface area (Å²) < 4.78 is 0. The maximum atomic E-state index is 5.80. The molecule has 0 heterocycles. The van der Waals surface area contributed by atoms with Crippen molar-refractivity contribution in [3.8, 4) is 0 Å². The van der Waals surface area contributed by atoms with E-state index in [9.17, 15) is 0 Å². The van der Waals surface area contributed by atoms with Crippen LogP contribution in [0.5, 0.6) is 0 Å². The molecule has 0 aliphatic carbocycles. The van der Waals surface area contributed by atoms with Crippen molar-refractivity contribution >= 4 is 28.7 Å². The third-order valence-corrected chi connectivity index (χ3v) is 2.73. The Kier molecular flexibility index (Phi) is 3.95. The molecule has 2 rings (SSSR count). The SMILES string of the molecule is CN(C)c1ccc(N=Nc2ccc(Cl)cc2)cc1. The molecule has 0 spiro atoms. The van der Waals surface area contributed by atoms with Crippen molar-refractivity contribution in [3.05, 3.63) is 53.6 Å². The van der Waals surface area contributed by atoms with E-state index in [4.69, 9.17) is 11.6 Å². The molecule has 0 radical (unpaired) electrons. The van der Waals surface area contributed by atoms with E-state index in [1.54, 1.807) is 12.1 Å². The average Bonchev–Trinajstić information content (AvgIpc) is 2.38. The molecule has 0 saturated heterocycles. The number of azo groups is 1. The quantitative estimate of drug-likeness (QED) is 0.726. The number of rotatable bonds is 3. The monoisotopic (exact) mass is 259 g/mol. The molecular weight excluding hydrogens is 246 g/mol. The zero-order chi connectivity index (χ0) is 13.0. The molecule has 0 unspecified atom stereocenters. The van der Waals surface area contributed by atoms with Crippen LogP contribution in [0.15, 0.2) is 58.8 Å². The largest absolute Gasteiger partial charge is 0.378 e. The van der Waals surface area contributed by atoms with Gasteiger partial charge in [-0.1, -0.05) is 11.6 Å². The van der Waals surface area contributed by atoms with Gasteiger partial charge in [0.1, 0.15) is 0 Å². The molecule has 0 saturated carbocycles. The van der Waals surface area contributed by atoms with E-state index in [0.717, 1.165) is 17.1 Å². The Labute approximate surface area is 112 Å².